The number of carbonyl (C=O) groups excluding carboxylic acids is 6. The van der Waals surface area contributed by atoms with Crippen LogP contribution in [0.5, 0.6) is 11.5 Å². The molecule has 0 spiro atoms. The number of benzene rings is 3. The van der Waals surface area contributed by atoms with E-state index in [0.29, 0.717) is 16.3 Å². The van der Waals surface area contributed by atoms with Crippen LogP contribution in [0.3, 0.4) is 0 Å². The molecular weight excluding hydrogens is 761 g/mol. The number of hydrogen-bond acceptors (Lipinski definition) is 9. The topological polar surface area (TPSA) is 178 Å². The lowest BCUT2D eigenvalue weighted by Gasteiger charge is -2.27. The molecule has 3 aromatic rings. The fourth-order valence-electron chi connectivity index (χ4n) is 5.09. The lowest BCUT2D eigenvalue weighted by atomic mass is 9.97. The summed E-state index contributed by atoms with van der Waals surface area (Å²) in [4.78, 5) is 77.4. The van der Waals surface area contributed by atoms with Crippen LogP contribution < -0.4 is 30.7 Å². The van der Waals surface area contributed by atoms with Crippen molar-refractivity contribution in [3.63, 3.8) is 0 Å². The van der Waals surface area contributed by atoms with Gasteiger partial charge >= 0.3 is 12.1 Å². The molecule has 4 N–H and O–H groups in total. The second-order valence-electron chi connectivity index (χ2n) is 13.8. The number of rotatable bonds is 17. The van der Waals surface area contributed by atoms with Gasteiger partial charge in [0.1, 0.15) is 35.7 Å². The fraction of sp³-hybridized carbons (Fsp3) is 0.385. The molecule has 3 rings (SSSR count). The van der Waals surface area contributed by atoms with Gasteiger partial charge < -0.3 is 35.5 Å². The Morgan fingerprint density at radius 3 is 1.98 bits per heavy atom. The van der Waals surface area contributed by atoms with E-state index in [1.807, 2.05) is 0 Å². The number of ketones is 1. The van der Waals surface area contributed by atoms with Crippen molar-refractivity contribution in [3.05, 3.63) is 94.5 Å². The van der Waals surface area contributed by atoms with E-state index in [1.165, 1.54) is 69.5 Å². The zero-order chi connectivity index (χ0) is 41.8. The minimum atomic E-state index is -5.24. The molecule has 302 valence electrons. The molecule has 0 aliphatic carbocycles. The summed E-state index contributed by atoms with van der Waals surface area (Å²) >= 11 is 6.17. The number of Topliss-reactive ketones (excluding diaryl/α,β-unsaturated/α-hetero) is 1. The average Bonchev–Trinajstić information content (AvgIpc) is 3.12. The Hall–Kier alpha value is -5.64. The number of nitrogens with one attached hydrogen (secondary N) is 4. The number of alkyl halides is 3. The Kier molecular flexibility index (Phi) is 15.8. The molecule has 13 nitrogen and oxygen atoms in total. The highest BCUT2D eigenvalue weighted by atomic mass is 35.5. The summed E-state index contributed by atoms with van der Waals surface area (Å²) in [6.45, 7) is 6.93. The van der Waals surface area contributed by atoms with Gasteiger partial charge in [0.25, 0.3) is 17.6 Å². The van der Waals surface area contributed by atoms with Gasteiger partial charge in [0.2, 0.25) is 11.8 Å². The molecule has 4 amide bonds. The van der Waals surface area contributed by atoms with Crippen molar-refractivity contribution in [1.29, 1.82) is 0 Å². The van der Waals surface area contributed by atoms with Crippen LogP contribution in [0, 0.1) is 5.92 Å². The largest absolute Gasteiger partial charge is 0.497 e. The Balaban J connectivity index is 1.82. The molecular formula is C39H44ClF3N4O9. The second kappa shape index (κ2) is 19.8. The van der Waals surface area contributed by atoms with Gasteiger partial charge in [0.05, 0.1) is 13.2 Å². The lowest BCUT2D eigenvalue weighted by molar-refractivity contribution is -0.175. The molecule has 17 heteroatoms. The number of hydrogen-bond donors (Lipinski definition) is 4. The molecule has 0 aliphatic heterocycles. The summed E-state index contributed by atoms with van der Waals surface area (Å²) in [6.07, 6.45) is -5.37. The second-order valence-corrected chi connectivity index (χ2v) is 14.3. The van der Waals surface area contributed by atoms with Gasteiger partial charge in [-0.2, -0.15) is 13.2 Å². The summed E-state index contributed by atoms with van der Waals surface area (Å²) in [5.74, 6) is -6.49. The predicted octanol–water partition coefficient (Wildman–Crippen LogP) is 4.66. The minimum absolute atomic E-state index is 0.0745. The highest BCUT2D eigenvalue weighted by Crippen LogP contribution is 2.24. The van der Waals surface area contributed by atoms with Crippen molar-refractivity contribution in [2.24, 2.45) is 5.92 Å². The third-order valence-corrected chi connectivity index (χ3v) is 8.05. The minimum Gasteiger partial charge on any atom is -0.497 e. The van der Waals surface area contributed by atoms with E-state index in [4.69, 9.17) is 25.8 Å². The standard InChI is InChI=1S/C39H44ClF3N4O9/c1-22(2)32(34(50)39(41,42)43)46-37(53)33(24-10-14-27(54-6)15-11-24)47-36(52)29(19-23-8-7-9-26(40)18-23)45-35(51)25-12-16-28(17-13-25)55-21-30(48)44-20-31(49)56-38(3,4)5/h7-18,22,29,32-33H,19-21H2,1-6H3,(H,44,48)(H,45,51)(H,46,53)(H,47,52)/t29?,32-,33?/m0/s1. The van der Waals surface area contributed by atoms with Crippen LogP contribution >= 0.6 is 11.6 Å². The number of esters is 1. The van der Waals surface area contributed by atoms with Crippen LogP contribution in [0.1, 0.15) is 62.1 Å². The van der Waals surface area contributed by atoms with E-state index >= 15 is 0 Å². The predicted molar refractivity (Wildman–Crippen MR) is 199 cm³/mol. The van der Waals surface area contributed by atoms with Crippen molar-refractivity contribution >= 4 is 47.0 Å². The van der Waals surface area contributed by atoms with Gasteiger partial charge in [-0.05, 0) is 86.3 Å². The van der Waals surface area contributed by atoms with E-state index in [2.05, 4.69) is 21.3 Å². The number of ether oxygens (including phenoxy) is 3. The molecule has 3 aromatic carbocycles. The van der Waals surface area contributed by atoms with Gasteiger partial charge in [0, 0.05) is 17.0 Å². The van der Waals surface area contributed by atoms with Gasteiger partial charge in [-0.3, -0.25) is 28.8 Å². The zero-order valence-corrected chi connectivity index (χ0v) is 32.3. The number of methoxy groups -OCH3 is 1. The van der Waals surface area contributed by atoms with Gasteiger partial charge in [-0.25, -0.2) is 0 Å². The Bertz CT molecular complexity index is 1860. The van der Waals surface area contributed by atoms with Crippen molar-refractivity contribution in [2.45, 2.75) is 70.9 Å². The molecule has 0 aromatic heterocycles. The molecule has 0 fully saturated rings. The quantitative estimate of drug-likeness (QED) is 0.141. The highest BCUT2D eigenvalue weighted by molar-refractivity contribution is 6.30. The summed E-state index contributed by atoms with van der Waals surface area (Å²) in [6, 6.07) is 12.8. The van der Waals surface area contributed by atoms with E-state index in [0.717, 1.165) is 0 Å². The first kappa shape index (κ1) is 44.8. The first-order chi connectivity index (χ1) is 26.2. The van der Waals surface area contributed by atoms with Crippen molar-refractivity contribution in [3.8, 4) is 11.5 Å². The Morgan fingerprint density at radius 2 is 1.43 bits per heavy atom. The molecule has 0 heterocycles. The van der Waals surface area contributed by atoms with Crippen LogP contribution in [0.15, 0.2) is 72.8 Å². The summed E-state index contributed by atoms with van der Waals surface area (Å²) in [5.41, 5.74) is 0.0167. The van der Waals surface area contributed by atoms with E-state index in [9.17, 15) is 41.9 Å². The number of amides is 4. The van der Waals surface area contributed by atoms with Crippen LogP contribution in [0.2, 0.25) is 5.02 Å². The first-order valence-corrected chi connectivity index (χ1v) is 17.7. The average molecular weight is 805 g/mol. The van der Waals surface area contributed by atoms with E-state index < -0.39 is 77.8 Å². The third kappa shape index (κ3) is 14.2. The zero-order valence-electron chi connectivity index (χ0n) is 31.5. The summed E-state index contributed by atoms with van der Waals surface area (Å²) in [7, 11) is 1.40. The van der Waals surface area contributed by atoms with Crippen molar-refractivity contribution < 1.29 is 56.1 Å². The van der Waals surface area contributed by atoms with E-state index in [-0.39, 0.29) is 29.8 Å². The number of halogens is 4. The maximum atomic E-state index is 14.0. The molecule has 0 saturated heterocycles. The summed E-state index contributed by atoms with van der Waals surface area (Å²) < 4.78 is 56.1. The van der Waals surface area contributed by atoms with Crippen LogP contribution in [0.4, 0.5) is 13.2 Å². The molecule has 2 unspecified atom stereocenters. The molecule has 0 saturated carbocycles. The molecule has 0 aliphatic rings. The maximum Gasteiger partial charge on any atom is 0.452 e. The fourth-order valence-corrected chi connectivity index (χ4v) is 5.30. The summed E-state index contributed by atoms with van der Waals surface area (Å²) in [5, 5.41) is 10.0. The van der Waals surface area contributed by atoms with E-state index in [1.54, 1.807) is 45.0 Å². The molecule has 56 heavy (non-hydrogen) atoms. The van der Waals surface area contributed by atoms with Gasteiger partial charge in [-0.15, -0.1) is 0 Å². The monoisotopic (exact) mass is 804 g/mol. The lowest BCUT2D eigenvalue weighted by Crippen LogP contribution is -2.55. The highest BCUT2D eigenvalue weighted by Gasteiger charge is 2.45. The van der Waals surface area contributed by atoms with Crippen molar-refractivity contribution in [1.82, 2.24) is 21.3 Å². The van der Waals surface area contributed by atoms with Crippen LogP contribution in [-0.2, 0) is 35.1 Å². The molecule has 0 bridgehead atoms. The first-order valence-electron chi connectivity index (χ1n) is 17.3. The Labute approximate surface area is 327 Å². The SMILES string of the molecule is COc1ccc(C(NC(=O)C(Cc2cccc(Cl)c2)NC(=O)c2ccc(OCC(=O)NCC(=O)OC(C)(C)C)cc2)C(=O)N[C@H](C(=O)C(F)(F)F)C(C)C)cc1. The Morgan fingerprint density at radius 1 is 0.804 bits per heavy atom. The third-order valence-electron chi connectivity index (χ3n) is 7.81. The normalized spacial score (nSPS) is 13.1. The van der Waals surface area contributed by atoms with Crippen molar-refractivity contribution in [2.75, 3.05) is 20.3 Å². The molecule has 3 atom stereocenters. The maximum absolute atomic E-state index is 14.0. The van der Waals surface area contributed by atoms with Crippen LogP contribution in [-0.4, -0.2) is 79.5 Å². The smallest absolute Gasteiger partial charge is 0.452 e. The number of carbonyl (C=O) groups is 6. The van der Waals surface area contributed by atoms with Gasteiger partial charge in [-0.1, -0.05) is 49.7 Å². The molecule has 0 radical (unpaired) electrons. The van der Waals surface area contributed by atoms with Crippen LogP contribution in [0.25, 0.3) is 0 Å². The van der Waals surface area contributed by atoms with Gasteiger partial charge in [0.15, 0.2) is 6.61 Å².